The summed E-state index contributed by atoms with van der Waals surface area (Å²) in [6.45, 7) is 1.72. The van der Waals surface area contributed by atoms with E-state index in [0.717, 1.165) is 18.4 Å². The lowest BCUT2D eigenvalue weighted by molar-refractivity contribution is -0.123. The summed E-state index contributed by atoms with van der Waals surface area (Å²) in [5.74, 6) is 0.516. The molecule has 26 heavy (non-hydrogen) atoms. The minimum Gasteiger partial charge on any atom is -0.497 e. The van der Waals surface area contributed by atoms with Gasteiger partial charge in [0.2, 0.25) is 0 Å². The highest BCUT2D eigenvalue weighted by molar-refractivity contribution is 7.89. The van der Waals surface area contributed by atoms with Crippen molar-refractivity contribution in [2.45, 2.75) is 24.7 Å². The molecule has 8 heteroatoms. The number of hydrazine groups is 1. The zero-order valence-corrected chi connectivity index (χ0v) is 15.5. The van der Waals surface area contributed by atoms with Crippen molar-refractivity contribution in [1.29, 1.82) is 0 Å². The van der Waals surface area contributed by atoms with Gasteiger partial charge in [-0.3, -0.25) is 10.2 Å². The second-order valence-corrected chi connectivity index (χ2v) is 7.19. The average Bonchev–Trinajstić information content (AvgIpc) is 2.66. The van der Waals surface area contributed by atoms with Crippen LogP contribution in [0.5, 0.6) is 11.5 Å². The molecule has 0 aromatic heterocycles. The van der Waals surface area contributed by atoms with Crippen LogP contribution in [0, 0.1) is 0 Å². The van der Waals surface area contributed by atoms with Gasteiger partial charge in [0.05, 0.1) is 12.0 Å². The number of hydrogen-bond acceptors (Lipinski definition) is 5. The molecule has 0 aliphatic carbocycles. The molecule has 2 aromatic carbocycles. The second-order valence-electron chi connectivity index (χ2n) is 5.51. The van der Waals surface area contributed by atoms with Gasteiger partial charge in [-0.15, -0.1) is 4.83 Å². The van der Waals surface area contributed by atoms with Crippen molar-refractivity contribution in [1.82, 2.24) is 10.3 Å². The number of rotatable bonds is 9. The van der Waals surface area contributed by atoms with Crippen LogP contribution < -0.4 is 19.7 Å². The summed E-state index contributed by atoms with van der Waals surface area (Å²) in [5.41, 5.74) is 3.19. The molecule has 0 unspecified atom stereocenters. The van der Waals surface area contributed by atoms with Gasteiger partial charge in [-0.2, -0.15) is 0 Å². The van der Waals surface area contributed by atoms with Crippen LogP contribution in [0.25, 0.3) is 0 Å². The highest BCUT2D eigenvalue weighted by Gasteiger charge is 2.15. The lowest BCUT2D eigenvalue weighted by Crippen LogP contribution is -2.43. The number of sulfonamides is 1. The van der Waals surface area contributed by atoms with Crippen LogP contribution in [-0.4, -0.2) is 28.0 Å². The predicted molar refractivity (Wildman–Crippen MR) is 97.4 cm³/mol. The Bertz CT molecular complexity index is 818. The maximum Gasteiger partial charge on any atom is 0.272 e. The lowest BCUT2D eigenvalue weighted by atomic mass is 10.1. The van der Waals surface area contributed by atoms with E-state index in [9.17, 15) is 13.2 Å². The summed E-state index contributed by atoms with van der Waals surface area (Å²) in [6, 6.07) is 13.2. The van der Waals surface area contributed by atoms with Gasteiger partial charge in [0.1, 0.15) is 11.5 Å². The Morgan fingerprint density at radius 3 is 2.19 bits per heavy atom. The van der Waals surface area contributed by atoms with Gasteiger partial charge in [-0.25, -0.2) is 8.42 Å². The zero-order chi connectivity index (χ0) is 19.0. The fourth-order valence-electron chi connectivity index (χ4n) is 2.16. The molecule has 0 spiro atoms. The quantitative estimate of drug-likeness (QED) is 0.651. The first-order chi connectivity index (χ1) is 12.4. The van der Waals surface area contributed by atoms with Gasteiger partial charge < -0.3 is 9.47 Å². The molecular weight excluding hydrogens is 356 g/mol. The molecule has 0 aliphatic heterocycles. The van der Waals surface area contributed by atoms with Crippen molar-refractivity contribution in [2.24, 2.45) is 0 Å². The van der Waals surface area contributed by atoms with Crippen LogP contribution in [0.3, 0.4) is 0 Å². The molecular formula is C18H22N2O5S. The first kappa shape index (κ1) is 19.7. The van der Waals surface area contributed by atoms with E-state index in [2.05, 4.69) is 17.2 Å². The van der Waals surface area contributed by atoms with Gasteiger partial charge in [0.15, 0.2) is 6.61 Å². The molecule has 0 atom stereocenters. The van der Waals surface area contributed by atoms with Crippen LogP contribution in [0.15, 0.2) is 53.4 Å². The van der Waals surface area contributed by atoms with Crippen LogP contribution in [0.4, 0.5) is 0 Å². The second kappa shape index (κ2) is 9.21. The third kappa shape index (κ3) is 5.75. The fraction of sp³-hybridized carbons (Fsp3) is 0.278. The Balaban J connectivity index is 1.84. The van der Waals surface area contributed by atoms with Crippen molar-refractivity contribution < 1.29 is 22.7 Å². The molecule has 0 bridgehead atoms. The van der Waals surface area contributed by atoms with Crippen molar-refractivity contribution in [3.05, 3.63) is 54.1 Å². The number of nitrogens with one attached hydrogen (secondary N) is 2. The Labute approximate surface area is 153 Å². The first-order valence-corrected chi connectivity index (χ1v) is 9.59. The van der Waals surface area contributed by atoms with Crippen LogP contribution in [0.2, 0.25) is 0 Å². The van der Waals surface area contributed by atoms with E-state index in [1.165, 1.54) is 12.1 Å². The maximum absolute atomic E-state index is 12.2. The molecule has 0 radical (unpaired) electrons. The van der Waals surface area contributed by atoms with E-state index in [-0.39, 0.29) is 11.5 Å². The number of carbonyl (C=O) groups excluding carboxylic acids is 1. The highest BCUT2D eigenvalue weighted by atomic mass is 32.2. The van der Waals surface area contributed by atoms with E-state index in [1.54, 1.807) is 43.5 Å². The molecule has 2 rings (SSSR count). The van der Waals surface area contributed by atoms with Crippen molar-refractivity contribution in [2.75, 3.05) is 13.7 Å². The summed E-state index contributed by atoms with van der Waals surface area (Å²) in [4.78, 5) is 13.9. The molecule has 0 aliphatic rings. The summed E-state index contributed by atoms with van der Waals surface area (Å²) in [7, 11) is -2.28. The van der Waals surface area contributed by atoms with E-state index in [1.807, 2.05) is 0 Å². The Morgan fingerprint density at radius 1 is 1.00 bits per heavy atom. The highest BCUT2D eigenvalue weighted by Crippen LogP contribution is 2.16. The van der Waals surface area contributed by atoms with Crippen LogP contribution >= 0.6 is 0 Å². The number of methoxy groups -OCH3 is 1. The molecule has 140 valence electrons. The third-order valence-electron chi connectivity index (χ3n) is 3.53. The number of carbonyl (C=O) groups is 1. The number of ether oxygens (including phenoxy) is 2. The van der Waals surface area contributed by atoms with Crippen molar-refractivity contribution >= 4 is 15.9 Å². The molecule has 0 saturated heterocycles. The van der Waals surface area contributed by atoms with Gasteiger partial charge in [-0.05, 0) is 48.4 Å². The van der Waals surface area contributed by atoms with Gasteiger partial charge in [0.25, 0.3) is 15.9 Å². The third-order valence-corrected chi connectivity index (χ3v) is 4.79. The minimum atomic E-state index is -3.83. The predicted octanol–water partition coefficient (Wildman–Crippen LogP) is 2.04. The summed E-state index contributed by atoms with van der Waals surface area (Å²) in [5, 5.41) is 0. The number of aryl methyl sites for hydroxylation is 1. The first-order valence-electron chi connectivity index (χ1n) is 8.11. The normalized spacial score (nSPS) is 11.0. The minimum absolute atomic E-state index is 0.0775. The molecule has 0 fully saturated rings. The SMILES string of the molecule is CCCc1ccc(S(=O)(=O)NNC(=O)COc2ccc(OC)cc2)cc1. The standard InChI is InChI=1S/C18H22N2O5S/c1-3-4-14-5-11-17(12-6-14)26(22,23)20-19-18(21)13-25-16-9-7-15(24-2)8-10-16/h5-12,20H,3-4,13H2,1-2H3,(H,19,21). The van der Waals surface area contributed by atoms with Gasteiger partial charge in [-0.1, -0.05) is 25.5 Å². The van der Waals surface area contributed by atoms with Crippen molar-refractivity contribution in [3.8, 4) is 11.5 Å². The fourth-order valence-corrected chi connectivity index (χ4v) is 3.02. The van der Waals surface area contributed by atoms with Crippen LogP contribution in [0.1, 0.15) is 18.9 Å². The van der Waals surface area contributed by atoms with Gasteiger partial charge in [0, 0.05) is 0 Å². The summed E-state index contributed by atoms with van der Waals surface area (Å²) >= 11 is 0. The topological polar surface area (TPSA) is 93.7 Å². The Morgan fingerprint density at radius 2 is 1.62 bits per heavy atom. The largest absolute Gasteiger partial charge is 0.497 e. The number of benzene rings is 2. The molecule has 2 aromatic rings. The molecule has 0 saturated carbocycles. The average molecular weight is 378 g/mol. The lowest BCUT2D eigenvalue weighted by Gasteiger charge is -2.10. The van der Waals surface area contributed by atoms with Gasteiger partial charge >= 0.3 is 0 Å². The Hall–Kier alpha value is -2.58. The number of amides is 1. The molecule has 0 heterocycles. The monoisotopic (exact) mass is 378 g/mol. The smallest absolute Gasteiger partial charge is 0.272 e. The number of hydrogen-bond donors (Lipinski definition) is 2. The van der Waals surface area contributed by atoms with E-state index >= 15 is 0 Å². The Kier molecular flexibility index (Phi) is 6.99. The molecule has 1 amide bonds. The van der Waals surface area contributed by atoms with E-state index < -0.39 is 15.9 Å². The van der Waals surface area contributed by atoms with Crippen molar-refractivity contribution in [3.63, 3.8) is 0 Å². The van der Waals surface area contributed by atoms with Crippen LogP contribution in [-0.2, 0) is 21.2 Å². The molecule has 7 nitrogen and oxygen atoms in total. The summed E-state index contributed by atoms with van der Waals surface area (Å²) < 4.78 is 34.6. The summed E-state index contributed by atoms with van der Waals surface area (Å²) in [6.07, 6.45) is 1.86. The molecule has 2 N–H and O–H groups in total. The maximum atomic E-state index is 12.2. The van der Waals surface area contributed by atoms with E-state index in [0.29, 0.717) is 11.5 Å². The van der Waals surface area contributed by atoms with E-state index in [4.69, 9.17) is 9.47 Å². The zero-order valence-electron chi connectivity index (χ0n) is 14.7.